The Kier molecular flexibility index (Phi) is 9.76. The van der Waals surface area contributed by atoms with Gasteiger partial charge >= 0.3 is 6.09 Å². The zero-order valence-electron chi connectivity index (χ0n) is 15.1. The number of ether oxygens (including phenoxy) is 2. The summed E-state index contributed by atoms with van der Waals surface area (Å²) in [7, 11) is 0. The van der Waals surface area contributed by atoms with Gasteiger partial charge in [0.25, 0.3) is 0 Å². The average molecular weight is 352 g/mol. The highest BCUT2D eigenvalue weighted by Crippen LogP contribution is 2.21. The molecular formula is C18H28N2O5. The van der Waals surface area contributed by atoms with Crippen LogP contribution in [0.25, 0.3) is 0 Å². The van der Waals surface area contributed by atoms with Crippen LogP contribution in [0.5, 0.6) is 0 Å². The van der Waals surface area contributed by atoms with Crippen LogP contribution in [0, 0.1) is 0 Å². The van der Waals surface area contributed by atoms with E-state index in [4.69, 9.17) is 14.6 Å². The van der Waals surface area contributed by atoms with Crippen LogP contribution in [-0.2, 0) is 14.3 Å². The maximum absolute atomic E-state index is 11.3. The van der Waals surface area contributed by atoms with Crippen LogP contribution in [0.3, 0.4) is 0 Å². The predicted molar refractivity (Wildman–Crippen MR) is 94.5 cm³/mol. The van der Waals surface area contributed by atoms with Gasteiger partial charge < -0.3 is 24.7 Å². The summed E-state index contributed by atoms with van der Waals surface area (Å²) in [6.07, 6.45) is -1.07. The Hall–Kier alpha value is -1.96. The van der Waals surface area contributed by atoms with Gasteiger partial charge in [-0.1, -0.05) is 30.3 Å². The molecule has 7 heteroatoms. The first kappa shape index (κ1) is 21.1. The lowest BCUT2D eigenvalue weighted by Gasteiger charge is -2.33. The number of hydrogen-bond acceptors (Lipinski definition) is 5. The van der Waals surface area contributed by atoms with Crippen LogP contribution >= 0.6 is 0 Å². The fraction of sp³-hybridized carbons (Fsp3) is 0.556. The Labute approximate surface area is 148 Å². The molecule has 0 aliphatic rings. The molecule has 0 aromatic heterocycles. The number of carbonyl (C=O) groups is 2. The van der Waals surface area contributed by atoms with E-state index in [0.29, 0.717) is 26.0 Å². The number of benzene rings is 1. The van der Waals surface area contributed by atoms with E-state index < -0.39 is 18.4 Å². The SMILES string of the molecule is CCOC(CN(CC(C=O)NC(=O)O)[C@H](C)c1ccccc1)OCC. The van der Waals surface area contributed by atoms with E-state index in [1.54, 1.807) is 0 Å². The maximum atomic E-state index is 11.3. The Balaban J connectivity index is 2.94. The molecule has 1 rings (SSSR count). The van der Waals surface area contributed by atoms with Crippen molar-refractivity contribution in [3.63, 3.8) is 0 Å². The van der Waals surface area contributed by atoms with Gasteiger partial charge in [-0.15, -0.1) is 0 Å². The molecule has 2 N–H and O–H groups in total. The molecule has 2 atom stereocenters. The largest absolute Gasteiger partial charge is 0.465 e. The molecule has 1 aromatic carbocycles. The Bertz CT molecular complexity index is 505. The second-order valence-electron chi connectivity index (χ2n) is 5.57. The van der Waals surface area contributed by atoms with Crippen molar-refractivity contribution >= 4 is 12.4 Å². The van der Waals surface area contributed by atoms with Gasteiger partial charge in [0.1, 0.15) is 12.3 Å². The van der Waals surface area contributed by atoms with Crippen LogP contribution < -0.4 is 5.32 Å². The summed E-state index contributed by atoms with van der Waals surface area (Å²) in [6, 6.07) is 8.95. The number of amides is 1. The lowest BCUT2D eigenvalue weighted by Crippen LogP contribution is -2.47. The summed E-state index contributed by atoms with van der Waals surface area (Å²) >= 11 is 0. The van der Waals surface area contributed by atoms with E-state index >= 15 is 0 Å². The third-order valence-corrected chi connectivity index (χ3v) is 3.82. The molecule has 1 amide bonds. The Morgan fingerprint density at radius 1 is 1.20 bits per heavy atom. The van der Waals surface area contributed by atoms with Gasteiger partial charge in [-0.2, -0.15) is 0 Å². The third kappa shape index (κ3) is 7.64. The first-order valence-electron chi connectivity index (χ1n) is 8.48. The van der Waals surface area contributed by atoms with Gasteiger partial charge in [0.05, 0.1) is 6.54 Å². The smallest absolute Gasteiger partial charge is 0.405 e. The molecule has 0 spiro atoms. The van der Waals surface area contributed by atoms with Crippen molar-refractivity contribution in [2.75, 3.05) is 26.3 Å². The highest BCUT2D eigenvalue weighted by atomic mass is 16.7. The van der Waals surface area contributed by atoms with E-state index in [-0.39, 0.29) is 12.6 Å². The van der Waals surface area contributed by atoms with Gasteiger partial charge in [0.15, 0.2) is 6.29 Å². The van der Waals surface area contributed by atoms with Crippen molar-refractivity contribution in [3.05, 3.63) is 35.9 Å². The number of nitrogens with zero attached hydrogens (tertiary/aromatic N) is 1. The maximum Gasteiger partial charge on any atom is 0.405 e. The van der Waals surface area contributed by atoms with Gasteiger partial charge in [-0.3, -0.25) is 4.90 Å². The van der Waals surface area contributed by atoms with Crippen LogP contribution in [0.2, 0.25) is 0 Å². The number of carbonyl (C=O) groups excluding carboxylic acids is 1. The van der Waals surface area contributed by atoms with Gasteiger partial charge in [-0.05, 0) is 26.3 Å². The Morgan fingerprint density at radius 3 is 2.28 bits per heavy atom. The zero-order valence-corrected chi connectivity index (χ0v) is 15.1. The van der Waals surface area contributed by atoms with Gasteiger partial charge in [0.2, 0.25) is 0 Å². The highest BCUT2D eigenvalue weighted by molar-refractivity contribution is 5.71. The van der Waals surface area contributed by atoms with Crippen molar-refractivity contribution in [1.82, 2.24) is 10.2 Å². The molecule has 1 aromatic rings. The molecule has 0 aliphatic heterocycles. The molecule has 0 saturated heterocycles. The predicted octanol–water partition coefficient (Wildman–Crippen LogP) is 2.28. The topological polar surface area (TPSA) is 88.1 Å². The lowest BCUT2D eigenvalue weighted by molar-refractivity contribution is -0.151. The fourth-order valence-corrected chi connectivity index (χ4v) is 2.58. The molecule has 7 nitrogen and oxygen atoms in total. The number of nitrogens with one attached hydrogen (secondary N) is 1. The molecule has 0 saturated carbocycles. The van der Waals surface area contributed by atoms with Gasteiger partial charge in [0, 0.05) is 25.8 Å². The first-order chi connectivity index (χ1) is 12.0. The molecule has 1 unspecified atom stereocenters. The number of rotatable bonds is 12. The van der Waals surface area contributed by atoms with Crippen molar-refractivity contribution in [2.24, 2.45) is 0 Å². The quantitative estimate of drug-likeness (QED) is 0.443. The van der Waals surface area contributed by atoms with E-state index in [2.05, 4.69) is 5.32 Å². The van der Waals surface area contributed by atoms with E-state index in [9.17, 15) is 9.59 Å². The molecule has 0 aliphatic carbocycles. The van der Waals surface area contributed by atoms with Crippen LogP contribution in [0.15, 0.2) is 30.3 Å². The van der Waals surface area contributed by atoms with Crippen molar-refractivity contribution < 1.29 is 24.2 Å². The van der Waals surface area contributed by atoms with Gasteiger partial charge in [-0.25, -0.2) is 4.79 Å². The van der Waals surface area contributed by atoms with E-state index in [1.807, 2.05) is 56.0 Å². The minimum Gasteiger partial charge on any atom is -0.465 e. The molecule has 0 fully saturated rings. The number of hydrogen-bond donors (Lipinski definition) is 2. The highest BCUT2D eigenvalue weighted by Gasteiger charge is 2.24. The molecule has 0 radical (unpaired) electrons. The number of aldehydes is 1. The Morgan fingerprint density at radius 2 is 1.80 bits per heavy atom. The summed E-state index contributed by atoms with van der Waals surface area (Å²) < 4.78 is 11.2. The fourth-order valence-electron chi connectivity index (χ4n) is 2.58. The monoisotopic (exact) mass is 352 g/mol. The summed E-state index contributed by atoms with van der Waals surface area (Å²) in [4.78, 5) is 24.1. The van der Waals surface area contributed by atoms with Crippen molar-refractivity contribution in [1.29, 1.82) is 0 Å². The summed E-state index contributed by atoms with van der Waals surface area (Å²) in [5.74, 6) is 0. The molecule has 140 valence electrons. The molecule has 25 heavy (non-hydrogen) atoms. The second kappa shape index (κ2) is 11.6. The molecular weight excluding hydrogens is 324 g/mol. The van der Waals surface area contributed by atoms with Crippen LogP contribution in [0.1, 0.15) is 32.4 Å². The second-order valence-corrected chi connectivity index (χ2v) is 5.57. The first-order valence-corrected chi connectivity index (χ1v) is 8.48. The third-order valence-electron chi connectivity index (χ3n) is 3.82. The van der Waals surface area contributed by atoms with Crippen LogP contribution in [0.4, 0.5) is 4.79 Å². The van der Waals surface area contributed by atoms with Crippen LogP contribution in [-0.4, -0.2) is 61.0 Å². The molecule has 0 bridgehead atoms. The minimum atomic E-state index is -1.23. The number of carboxylic acid groups (broad SMARTS) is 1. The molecule has 0 heterocycles. The summed E-state index contributed by atoms with van der Waals surface area (Å²) in [5.41, 5.74) is 1.06. The van der Waals surface area contributed by atoms with E-state index in [1.165, 1.54) is 0 Å². The zero-order chi connectivity index (χ0) is 18.7. The normalized spacial score (nSPS) is 13.6. The lowest BCUT2D eigenvalue weighted by atomic mass is 10.1. The van der Waals surface area contributed by atoms with Crippen molar-refractivity contribution in [2.45, 2.75) is 39.1 Å². The average Bonchev–Trinajstić information content (AvgIpc) is 2.60. The van der Waals surface area contributed by atoms with E-state index in [0.717, 1.165) is 5.56 Å². The minimum absolute atomic E-state index is 0.0392. The summed E-state index contributed by atoms with van der Waals surface area (Å²) in [6.45, 7) is 7.43. The van der Waals surface area contributed by atoms with Crippen molar-refractivity contribution in [3.8, 4) is 0 Å². The standard InChI is InChI=1S/C18H28N2O5/c1-4-24-17(25-5-2)12-20(11-16(13-21)19-18(22)23)14(3)15-9-7-6-8-10-15/h6-10,13-14,16-17,19H,4-5,11-12H2,1-3H3,(H,22,23)/t14-,16?/m1/s1. The summed E-state index contributed by atoms with van der Waals surface area (Å²) in [5, 5.41) is 11.1.